The molecule has 0 heterocycles. The molecule has 3 rings (SSSR count). The van der Waals surface area contributed by atoms with E-state index in [1.54, 1.807) is 67.6 Å². The third kappa shape index (κ3) is 6.73. The molecule has 0 aromatic heterocycles. The number of anilines is 4. The lowest BCUT2D eigenvalue weighted by molar-refractivity contribution is -0.116. The summed E-state index contributed by atoms with van der Waals surface area (Å²) in [7, 11) is 3.06. The van der Waals surface area contributed by atoms with Gasteiger partial charge in [0.25, 0.3) is 5.91 Å². The zero-order chi connectivity index (χ0) is 25.4. The monoisotopic (exact) mass is 476 g/mol. The third-order valence-electron chi connectivity index (χ3n) is 5.05. The fourth-order valence-corrected chi connectivity index (χ4v) is 3.30. The fourth-order valence-electron chi connectivity index (χ4n) is 3.30. The van der Waals surface area contributed by atoms with Crippen molar-refractivity contribution in [3.8, 4) is 11.5 Å². The molecule has 0 aliphatic carbocycles. The highest BCUT2D eigenvalue weighted by molar-refractivity contribution is 6.05. The second-order valence-corrected chi connectivity index (χ2v) is 7.68. The van der Waals surface area contributed by atoms with Crippen molar-refractivity contribution in [2.75, 3.05) is 35.5 Å². The molecule has 0 bridgehead atoms. The predicted molar refractivity (Wildman–Crippen MR) is 136 cm³/mol. The Kier molecular flexibility index (Phi) is 8.29. The number of carbonyl (C=O) groups is 3. The molecule has 9 heteroatoms. The van der Waals surface area contributed by atoms with Crippen LogP contribution in [0.3, 0.4) is 0 Å². The molecule has 3 amide bonds. The first-order valence-electron chi connectivity index (χ1n) is 10.9. The molecular weight excluding hydrogens is 448 g/mol. The van der Waals surface area contributed by atoms with Gasteiger partial charge in [-0.3, -0.25) is 14.4 Å². The molecule has 1 atom stereocenters. The van der Waals surface area contributed by atoms with Gasteiger partial charge in [-0.05, 0) is 61.5 Å². The van der Waals surface area contributed by atoms with E-state index in [9.17, 15) is 14.4 Å². The highest BCUT2D eigenvalue weighted by Crippen LogP contribution is 2.29. The van der Waals surface area contributed by atoms with Gasteiger partial charge in [0, 0.05) is 23.9 Å². The van der Waals surface area contributed by atoms with Crippen molar-refractivity contribution in [1.29, 1.82) is 0 Å². The molecule has 3 aromatic rings. The van der Waals surface area contributed by atoms with E-state index >= 15 is 0 Å². The number of ether oxygens (including phenoxy) is 2. The first-order valence-corrected chi connectivity index (χ1v) is 10.9. The summed E-state index contributed by atoms with van der Waals surface area (Å²) >= 11 is 0. The van der Waals surface area contributed by atoms with Crippen molar-refractivity contribution in [2.24, 2.45) is 0 Å². The zero-order valence-corrected chi connectivity index (χ0v) is 20.0. The highest BCUT2D eigenvalue weighted by atomic mass is 16.5. The largest absolute Gasteiger partial charge is 0.495 e. The van der Waals surface area contributed by atoms with Crippen LogP contribution in [-0.2, 0) is 9.59 Å². The number of carbonyl (C=O) groups excluding carboxylic acids is 3. The van der Waals surface area contributed by atoms with Crippen LogP contribution in [0.15, 0.2) is 66.7 Å². The smallest absolute Gasteiger partial charge is 0.255 e. The molecule has 0 spiro atoms. The van der Waals surface area contributed by atoms with Crippen molar-refractivity contribution < 1.29 is 23.9 Å². The standard InChI is InChI=1S/C26H28N4O5/c1-16(27-22-15-20(28-17(2)31)13-14-24(22)35-4)25(32)29-19-11-9-18(10-12-19)26(33)30-21-7-5-6-8-23(21)34-3/h5-16,27H,1-4H3,(H,28,31)(H,29,32)(H,30,33). The molecule has 0 fully saturated rings. The Hall–Kier alpha value is -4.53. The lowest BCUT2D eigenvalue weighted by Crippen LogP contribution is -2.32. The topological polar surface area (TPSA) is 118 Å². The van der Waals surface area contributed by atoms with Crippen LogP contribution in [0.2, 0.25) is 0 Å². The van der Waals surface area contributed by atoms with E-state index in [0.717, 1.165) is 0 Å². The van der Waals surface area contributed by atoms with Crippen LogP contribution in [0.1, 0.15) is 24.2 Å². The van der Waals surface area contributed by atoms with Crippen LogP contribution >= 0.6 is 0 Å². The minimum absolute atomic E-state index is 0.202. The maximum atomic E-state index is 12.7. The van der Waals surface area contributed by atoms with E-state index in [2.05, 4.69) is 21.3 Å². The second-order valence-electron chi connectivity index (χ2n) is 7.68. The fraction of sp³-hybridized carbons (Fsp3) is 0.192. The van der Waals surface area contributed by atoms with E-state index in [4.69, 9.17) is 9.47 Å². The molecular formula is C26H28N4O5. The van der Waals surface area contributed by atoms with Crippen molar-refractivity contribution in [2.45, 2.75) is 19.9 Å². The highest BCUT2D eigenvalue weighted by Gasteiger charge is 2.16. The number of rotatable bonds is 9. The van der Waals surface area contributed by atoms with Gasteiger partial charge in [0.15, 0.2) is 0 Å². The minimum Gasteiger partial charge on any atom is -0.495 e. The summed E-state index contributed by atoms with van der Waals surface area (Å²) in [5.74, 6) is 0.304. The van der Waals surface area contributed by atoms with Crippen molar-refractivity contribution in [3.63, 3.8) is 0 Å². The molecule has 3 aromatic carbocycles. The van der Waals surface area contributed by atoms with Gasteiger partial charge in [-0.15, -0.1) is 0 Å². The van der Waals surface area contributed by atoms with E-state index < -0.39 is 6.04 Å². The Balaban J connectivity index is 1.63. The van der Waals surface area contributed by atoms with Gasteiger partial charge < -0.3 is 30.7 Å². The van der Waals surface area contributed by atoms with Gasteiger partial charge in [-0.1, -0.05) is 12.1 Å². The van der Waals surface area contributed by atoms with Gasteiger partial charge in [-0.25, -0.2) is 0 Å². The first kappa shape index (κ1) is 25.1. The summed E-state index contributed by atoms with van der Waals surface area (Å²) in [5, 5.41) is 11.4. The number of benzene rings is 3. The average Bonchev–Trinajstić information content (AvgIpc) is 2.84. The van der Waals surface area contributed by atoms with Gasteiger partial charge in [-0.2, -0.15) is 0 Å². The summed E-state index contributed by atoms with van der Waals surface area (Å²) < 4.78 is 10.6. The van der Waals surface area contributed by atoms with Gasteiger partial charge in [0.05, 0.1) is 25.6 Å². The Morgan fingerprint density at radius 3 is 2.03 bits per heavy atom. The molecule has 0 radical (unpaired) electrons. The van der Waals surface area contributed by atoms with Gasteiger partial charge in [0.2, 0.25) is 11.8 Å². The quantitative estimate of drug-likeness (QED) is 0.365. The van der Waals surface area contributed by atoms with Crippen LogP contribution in [0.4, 0.5) is 22.7 Å². The first-order chi connectivity index (χ1) is 16.8. The molecule has 9 nitrogen and oxygen atoms in total. The van der Waals surface area contributed by atoms with E-state index in [-0.39, 0.29) is 17.7 Å². The third-order valence-corrected chi connectivity index (χ3v) is 5.05. The van der Waals surface area contributed by atoms with Crippen molar-refractivity contribution in [1.82, 2.24) is 0 Å². The van der Waals surface area contributed by atoms with E-state index in [0.29, 0.717) is 39.8 Å². The molecule has 1 unspecified atom stereocenters. The lowest BCUT2D eigenvalue weighted by atomic mass is 10.1. The number of hydrogen-bond acceptors (Lipinski definition) is 6. The summed E-state index contributed by atoms with van der Waals surface area (Å²) in [5.41, 5.74) is 2.67. The number of para-hydroxylation sites is 2. The van der Waals surface area contributed by atoms with E-state index in [1.165, 1.54) is 21.1 Å². The summed E-state index contributed by atoms with van der Waals surface area (Å²) in [6.45, 7) is 3.12. The molecule has 0 aliphatic heterocycles. The predicted octanol–water partition coefficient (Wildman–Crippen LogP) is 4.35. The van der Waals surface area contributed by atoms with Crippen molar-refractivity contribution >= 4 is 40.5 Å². The Bertz CT molecular complexity index is 1210. The normalized spacial score (nSPS) is 11.1. The Morgan fingerprint density at radius 1 is 0.743 bits per heavy atom. The van der Waals surface area contributed by atoms with E-state index in [1.807, 2.05) is 6.07 Å². The minimum atomic E-state index is -0.620. The van der Waals surface area contributed by atoms with Crippen molar-refractivity contribution in [3.05, 3.63) is 72.3 Å². The van der Waals surface area contributed by atoms with Gasteiger partial charge >= 0.3 is 0 Å². The van der Waals surface area contributed by atoms with Crippen LogP contribution in [0.25, 0.3) is 0 Å². The van der Waals surface area contributed by atoms with Crippen LogP contribution in [-0.4, -0.2) is 38.0 Å². The zero-order valence-electron chi connectivity index (χ0n) is 20.0. The molecule has 0 saturated carbocycles. The van der Waals surface area contributed by atoms with Crippen LogP contribution in [0, 0.1) is 0 Å². The lowest BCUT2D eigenvalue weighted by Gasteiger charge is -2.18. The molecule has 4 N–H and O–H groups in total. The summed E-state index contributed by atoms with van der Waals surface area (Å²) in [4.78, 5) is 36.7. The average molecular weight is 477 g/mol. The van der Waals surface area contributed by atoms with Gasteiger partial charge in [0.1, 0.15) is 17.5 Å². The summed E-state index contributed by atoms with van der Waals surface area (Å²) in [6.07, 6.45) is 0. The summed E-state index contributed by atoms with van der Waals surface area (Å²) in [6, 6.07) is 18.2. The Labute approximate surface area is 203 Å². The second kappa shape index (κ2) is 11.6. The SMILES string of the molecule is COc1ccccc1NC(=O)c1ccc(NC(=O)C(C)Nc2cc(NC(C)=O)ccc2OC)cc1. The van der Waals surface area contributed by atoms with Crippen LogP contribution < -0.4 is 30.7 Å². The molecule has 182 valence electrons. The molecule has 35 heavy (non-hydrogen) atoms. The number of nitrogens with one attached hydrogen (secondary N) is 4. The number of hydrogen-bond donors (Lipinski definition) is 4. The molecule has 0 saturated heterocycles. The molecule has 0 aliphatic rings. The maximum Gasteiger partial charge on any atom is 0.255 e. The van der Waals surface area contributed by atoms with Crippen LogP contribution in [0.5, 0.6) is 11.5 Å². The Morgan fingerprint density at radius 2 is 1.37 bits per heavy atom. The number of methoxy groups -OCH3 is 2. The number of amides is 3. The maximum absolute atomic E-state index is 12.7.